The van der Waals surface area contributed by atoms with Gasteiger partial charge in [0.15, 0.2) is 0 Å². The monoisotopic (exact) mass is 297 g/mol. The van der Waals surface area contributed by atoms with Crippen molar-refractivity contribution in [3.8, 4) is 5.75 Å². The fourth-order valence-corrected chi connectivity index (χ4v) is 3.12. The summed E-state index contributed by atoms with van der Waals surface area (Å²) in [6, 6.07) is 3.15. The van der Waals surface area contributed by atoms with Crippen LogP contribution in [0.2, 0.25) is 0 Å². The fraction of sp³-hybridized carbons (Fsp3) is 0.167. The summed E-state index contributed by atoms with van der Waals surface area (Å²) in [5.41, 5.74) is 0.111. The van der Waals surface area contributed by atoms with Crippen LogP contribution in [0, 0.1) is 6.92 Å². The minimum atomic E-state index is -1.05. The Morgan fingerprint density at radius 3 is 2.68 bits per heavy atom. The van der Waals surface area contributed by atoms with Gasteiger partial charge in [-0.1, -0.05) is 0 Å². The molecule has 0 radical (unpaired) electrons. The lowest BCUT2D eigenvalue weighted by molar-refractivity contribution is 0.0698. The molecule has 0 atom stereocenters. The second-order valence-electron chi connectivity index (χ2n) is 3.71. The maximum absolute atomic E-state index is 12.0. The summed E-state index contributed by atoms with van der Waals surface area (Å²) in [4.78, 5) is 24.3. The fourth-order valence-electron chi connectivity index (χ4n) is 1.48. The Balaban J connectivity index is 2.21. The van der Waals surface area contributed by atoms with E-state index in [9.17, 15) is 9.59 Å². The van der Waals surface area contributed by atoms with Crippen LogP contribution in [0.4, 0.5) is 5.00 Å². The number of aromatic carboxylic acids is 1. The highest BCUT2D eigenvalue weighted by atomic mass is 32.1. The number of hydrogen-bond acceptors (Lipinski definition) is 5. The van der Waals surface area contributed by atoms with E-state index in [2.05, 4.69) is 5.32 Å². The molecule has 2 N–H and O–H groups in total. The second-order valence-corrected chi connectivity index (χ2v) is 5.88. The number of amides is 1. The molecule has 0 bridgehead atoms. The number of carbonyl (C=O) groups excluding carboxylic acids is 1. The van der Waals surface area contributed by atoms with Crippen LogP contribution in [0.3, 0.4) is 0 Å². The molecule has 0 aliphatic heterocycles. The summed E-state index contributed by atoms with van der Waals surface area (Å²) in [5.74, 6) is -0.781. The number of carboxylic acids is 1. The van der Waals surface area contributed by atoms with E-state index < -0.39 is 5.97 Å². The minimum Gasteiger partial charge on any atom is -0.496 e. The van der Waals surface area contributed by atoms with Gasteiger partial charge in [0, 0.05) is 16.3 Å². The Bertz CT molecular complexity index is 629. The number of carboxylic acid groups (broad SMARTS) is 1. The molecule has 0 saturated carbocycles. The minimum absolute atomic E-state index is 0.111. The largest absolute Gasteiger partial charge is 0.496 e. The first-order valence-corrected chi connectivity index (χ1v) is 6.98. The molecule has 0 aromatic carbocycles. The van der Waals surface area contributed by atoms with Crippen LogP contribution < -0.4 is 10.1 Å². The van der Waals surface area contributed by atoms with Gasteiger partial charge in [-0.25, -0.2) is 4.79 Å². The average molecular weight is 297 g/mol. The summed E-state index contributed by atoms with van der Waals surface area (Å²) < 4.78 is 5.00. The molecule has 0 aliphatic carbocycles. The van der Waals surface area contributed by atoms with E-state index in [1.165, 1.54) is 35.8 Å². The standard InChI is InChI=1S/C12H11NO4S2/c1-6-3-8(12(15)16)11(19-6)13-10(14)9-4-7(17-2)5-18-9/h3-5H,1-2H3,(H,13,14)(H,15,16). The van der Waals surface area contributed by atoms with Crippen LogP contribution in [-0.4, -0.2) is 24.1 Å². The van der Waals surface area contributed by atoms with Crippen LogP contribution >= 0.6 is 22.7 Å². The molecule has 7 heteroatoms. The topological polar surface area (TPSA) is 75.6 Å². The highest BCUT2D eigenvalue weighted by Gasteiger charge is 2.17. The lowest BCUT2D eigenvalue weighted by Gasteiger charge is -2.01. The molecule has 2 aromatic heterocycles. The van der Waals surface area contributed by atoms with Crippen molar-refractivity contribution >= 4 is 39.6 Å². The second kappa shape index (κ2) is 5.41. The molecule has 1 amide bonds. The third kappa shape index (κ3) is 2.94. The normalized spacial score (nSPS) is 10.2. The number of carbonyl (C=O) groups is 2. The first kappa shape index (κ1) is 13.6. The summed E-state index contributed by atoms with van der Waals surface area (Å²) in [6.07, 6.45) is 0. The Morgan fingerprint density at radius 1 is 1.37 bits per heavy atom. The molecule has 2 heterocycles. The van der Waals surface area contributed by atoms with E-state index in [1.807, 2.05) is 0 Å². The number of anilines is 1. The molecular weight excluding hydrogens is 286 g/mol. The smallest absolute Gasteiger partial charge is 0.338 e. The summed E-state index contributed by atoms with van der Waals surface area (Å²) >= 11 is 2.48. The predicted molar refractivity (Wildman–Crippen MR) is 74.8 cm³/mol. The quantitative estimate of drug-likeness (QED) is 0.909. The molecule has 0 spiro atoms. The molecular formula is C12H11NO4S2. The van der Waals surface area contributed by atoms with Crippen molar-refractivity contribution in [3.05, 3.63) is 32.8 Å². The van der Waals surface area contributed by atoms with Gasteiger partial charge >= 0.3 is 5.97 Å². The molecule has 2 rings (SSSR count). The van der Waals surface area contributed by atoms with E-state index in [0.717, 1.165) is 4.88 Å². The molecule has 0 aliphatic rings. The van der Waals surface area contributed by atoms with Crippen LogP contribution in [0.1, 0.15) is 24.9 Å². The molecule has 5 nitrogen and oxygen atoms in total. The molecule has 19 heavy (non-hydrogen) atoms. The number of ether oxygens (including phenoxy) is 1. The van der Waals surface area contributed by atoms with Crippen molar-refractivity contribution in [1.82, 2.24) is 0 Å². The van der Waals surface area contributed by atoms with Gasteiger partial charge in [0.05, 0.1) is 17.6 Å². The number of methoxy groups -OCH3 is 1. The molecule has 2 aromatic rings. The number of rotatable bonds is 4. The van der Waals surface area contributed by atoms with Crippen molar-refractivity contribution < 1.29 is 19.4 Å². The Labute approximate surface area is 117 Å². The van der Waals surface area contributed by atoms with Crippen molar-refractivity contribution in [3.63, 3.8) is 0 Å². The summed E-state index contributed by atoms with van der Waals surface area (Å²) in [7, 11) is 1.52. The van der Waals surface area contributed by atoms with Crippen molar-refractivity contribution in [2.24, 2.45) is 0 Å². The van der Waals surface area contributed by atoms with Crippen molar-refractivity contribution in [2.75, 3.05) is 12.4 Å². The molecule has 100 valence electrons. The highest BCUT2D eigenvalue weighted by molar-refractivity contribution is 7.17. The number of hydrogen-bond donors (Lipinski definition) is 2. The van der Waals surface area contributed by atoms with Crippen LogP contribution in [-0.2, 0) is 0 Å². The summed E-state index contributed by atoms with van der Waals surface area (Å²) in [5, 5.41) is 13.7. The first-order valence-electron chi connectivity index (χ1n) is 5.29. The van der Waals surface area contributed by atoms with Crippen molar-refractivity contribution in [2.45, 2.75) is 6.92 Å². The molecule has 0 unspecified atom stereocenters. The summed E-state index contributed by atoms with van der Waals surface area (Å²) in [6.45, 7) is 1.79. The van der Waals surface area contributed by atoms with Gasteiger partial charge in [-0.2, -0.15) is 0 Å². The lowest BCUT2D eigenvalue weighted by atomic mass is 10.3. The maximum Gasteiger partial charge on any atom is 0.338 e. The van der Waals surface area contributed by atoms with Crippen molar-refractivity contribution in [1.29, 1.82) is 0 Å². The number of aryl methyl sites for hydroxylation is 1. The first-order chi connectivity index (χ1) is 9.01. The number of thiophene rings is 2. The lowest BCUT2D eigenvalue weighted by Crippen LogP contribution is -2.11. The Hall–Kier alpha value is -1.86. The maximum atomic E-state index is 12.0. The van der Waals surface area contributed by atoms with Crippen LogP contribution in [0.25, 0.3) is 0 Å². The van der Waals surface area contributed by atoms with Crippen LogP contribution in [0.15, 0.2) is 17.5 Å². The van der Waals surface area contributed by atoms with E-state index in [-0.39, 0.29) is 11.5 Å². The third-order valence-corrected chi connectivity index (χ3v) is 4.22. The van der Waals surface area contributed by atoms with E-state index in [4.69, 9.17) is 9.84 Å². The van der Waals surface area contributed by atoms with E-state index in [0.29, 0.717) is 15.6 Å². The number of nitrogens with one attached hydrogen (secondary N) is 1. The molecule has 0 saturated heterocycles. The van der Waals surface area contributed by atoms with Gasteiger partial charge in [0.1, 0.15) is 10.8 Å². The van der Waals surface area contributed by atoms with Gasteiger partial charge in [-0.05, 0) is 13.0 Å². The zero-order valence-electron chi connectivity index (χ0n) is 10.2. The SMILES string of the molecule is COc1csc(C(=O)Nc2sc(C)cc2C(=O)O)c1. The third-order valence-electron chi connectivity index (χ3n) is 2.35. The zero-order chi connectivity index (χ0) is 14.0. The van der Waals surface area contributed by atoms with Gasteiger partial charge in [0.2, 0.25) is 0 Å². The Morgan fingerprint density at radius 2 is 2.11 bits per heavy atom. The predicted octanol–water partition coefficient (Wildman–Crippen LogP) is 3.08. The Kier molecular flexibility index (Phi) is 3.87. The highest BCUT2D eigenvalue weighted by Crippen LogP contribution is 2.29. The zero-order valence-corrected chi connectivity index (χ0v) is 11.9. The van der Waals surface area contributed by atoms with Gasteiger partial charge in [0.25, 0.3) is 5.91 Å². The molecule has 0 fully saturated rings. The van der Waals surface area contributed by atoms with E-state index >= 15 is 0 Å². The van der Waals surface area contributed by atoms with Gasteiger partial charge < -0.3 is 15.2 Å². The average Bonchev–Trinajstić information content (AvgIpc) is 2.95. The van der Waals surface area contributed by atoms with Gasteiger partial charge in [-0.15, -0.1) is 22.7 Å². The van der Waals surface area contributed by atoms with Crippen LogP contribution in [0.5, 0.6) is 5.75 Å². The van der Waals surface area contributed by atoms with Gasteiger partial charge in [-0.3, -0.25) is 4.79 Å². The van der Waals surface area contributed by atoms with E-state index in [1.54, 1.807) is 18.4 Å².